The quantitative estimate of drug-likeness (QED) is 0.706. The van der Waals surface area contributed by atoms with Crippen molar-refractivity contribution < 1.29 is 9.53 Å². The maximum absolute atomic E-state index is 12.0. The zero-order valence-electron chi connectivity index (χ0n) is 11.1. The smallest absolute Gasteiger partial charge is 0.410 e. The second-order valence-corrected chi connectivity index (χ2v) is 5.59. The third-order valence-corrected chi connectivity index (χ3v) is 2.75. The van der Waals surface area contributed by atoms with Gasteiger partial charge in [-0.3, -0.25) is 0 Å². The van der Waals surface area contributed by atoms with Gasteiger partial charge in [-0.05, 0) is 33.6 Å². The summed E-state index contributed by atoms with van der Waals surface area (Å²) in [6.07, 6.45) is 3.21. The Labute approximate surface area is 107 Å². The first-order valence-electron chi connectivity index (χ1n) is 6.15. The standard InChI is InChI=1S/C12H20N4O2/c1-12(2,3)18-11(17)15-6-4-5-10-9(7-15)8-16(13)14-10/h8H,4-7,13H2,1-3H3. The van der Waals surface area contributed by atoms with E-state index in [1.165, 1.54) is 4.79 Å². The van der Waals surface area contributed by atoms with Gasteiger partial charge in [0.25, 0.3) is 0 Å². The molecule has 1 aliphatic heterocycles. The number of nitrogens with zero attached hydrogens (tertiary/aromatic N) is 3. The molecule has 1 aromatic rings. The number of carbonyl (C=O) groups excluding carboxylic acids is 1. The van der Waals surface area contributed by atoms with Crippen LogP contribution < -0.4 is 5.84 Å². The number of fused-ring (bicyclic) bond motifs is 1. The van der Waals surface area contributed by atoms with Gasteiger partial charge in [-0.1, -0.05) is 0 Å². The summed E-state index contributed by atoms with van der Waals surface area (Å²) in [6.45, 7) is 6.81. The highest BCUT2D eigenvalue weighted by Crippen LogP contribution is 2.19. The lowest BCUT2D eigenvalue weighted by atomic mass is 10.2. The molecule has 0 saturated carbocycles. The Kier molecular flexibility index (Phi) is 3.19. The van der Waals surface area contributed by atoms with Crippen molar-refractivity contribution in [3.05, 3.63) is 17.5 Å². The van der Waals surface area contributed by atoms with Crippen LogP contribution in [0.1, 0.15) is 38.4 Å². The number of nitrogen functional groups attached to an aromatic ring is 1. The van der Waals surface area contributed by atoms with E-state index < -0.39 is 5.60 Å². The Bertz CT molecular complexity index is 447. The Morgan fingerprint density at radius 3 is 2.89 bits per heavy atom. The van der Waals surface area contributed by atoms with Crippen LogP contribution in [0.5, 0.6) is 0 Å². The second-order valence-electron chi connectivity index (χ2n) is 5.59. The highest BCUT2D eigenvalue weighted by molar-refractivity contribution is 5.68. The fraction of sp³-hybridized carbons (Fsp3) is 0.667. The monoisotopic (exact) mass is 252 g/mol. The van der Waals surface area contributed by atoms with Crippen LogP contribution in [0, 0.1) is 0 Å². The molecular formula is C12H20N4O2. The molecule has 1 aromatic heterocycles. The molecule has 2 rings (SSSR count). The van der Waals surface area contributed by atoms with Gasteiger partial charge in [-0.2, -0.15) is 9.89 Å². The number of rotatable bonds is 0. The lowest BCUT2D eigenvalue weighted by Gasteiger charge is -2.26. The Hall–Kier alpha value is -1.72. The predicted molar refractivity (Wildman–Crippen MR) is 67.3 cm³/mol. The van der Waals surface area contributed by atoms with E-state index in [9.17, 15) is 4.79 Å². The van der Waals surface area contributed by atoms with E-state index in [4.69, 9.17) is 10.6 Å². The van der Waals surface area contributed by atoms with E-state index in [0.29, 0.717) is 13.1 Å². The normalized spacial score (nSPS) is 16.1. The second kappa shape index (κ2) is 4.51. The lowest BCUT2D eigenvalue weighted by molar-refractivity contribution is 0.0236. The molecule has 6 nitrogen and oxygen atoms in total. The molecule has 0 spiro atoms. The SMILES string of the molecule is CC(C)(C)OC(=O)N1CCCc2nn(N)cc2C1. The number of amides is 1. The van der Waals surface area contributed by atoms with Crippen LogP contribution in [-0.4, -0.2) is 33.0 Å². The van der Waals surface area contributed by atoms with Crippen LogP contribution in [0.25, 0.3) is 0 Å². The Morgan fingerprint density at radius 2 is 2.22 bits per heavy atom. The fourth-order valence-electron chi connectivity index (χ4n) is 2.01. The van der Waals surface area contributed by atoms with Gasteiger partial charge < -0.3 is 15.5 Å². The number of hydrogen-bond donors (Lipinski definition) is 1. The zero-order valence-corrected chi connectivity index (χ0v) is 11.1. The predicted octanol–water partition coefficient (Wildman–Crippen LogP) is 1.28. The number of ether oxygens (including phenoxy) is 1. The first-order chi connectivity index (χ1) is 8.35. The fourth-order valence-corrected chi connectivity index (χ4v) is 2.01. The molecule has 0 aromatic carbocycles. The summed E-state index contributed by atoms with van der Waals surface area (Å²) in [5.74, 6) is 5.60. The summed E-state index contributed by atoms with van der Waals surface area (Å²) < 4.78 is 5.38. The third-order valence-electron chi connectivity index (χ3n) is 2.75. The average molecular weight is 252 g/mol. The van der Waals surface area contributed by atoms with Crippen molar-refractivity contribution >= 4 is 6.09 Å². The zero-order chi connectivity index (χ0) is 13.3. The highest BCUT2D eigenvalue weighted by Gasteiger charge is 2.25. The molecule has 0 bridgehead atoms. The molecule has 100 valence electrons. The Morgan fingerprint density at radius 1 is 1.50 bits per heavy atom. The minimum atomic E-state index is -0.468. The van der Waals surface area contributed by atoms with E-state index in [1.54, 1.807) is 11.1 Å². The van der Waals surface area contributed by atoms with Crippen LogP contribution in [0.3, 0.4) is 0 Å². The molecule has 2 N–H and O–H groups in total. The van der Waals surface area contributed by atoms with Gasteiger partial charge in [0.15, 0.2) is 0 Å². The maximum atomic E-state index is 12.0. The summed E-state index contributed by atoms with van der Waals surface area (Å²) in [5, 5.41) is 4.20. The van der Waals surface area contributed by atoms with Gasteiger partial charge in [0, 0.05) is 12.1 Å². The van der Waals surface area contributed by atoms with E-state index in [2.05, 4.69) is 5.10 Å². The number of aromatic nitrogens is 2. The first-order valence-corrected chi connectivity index (χ1v) is 6.15. The van der Waals surface area contributed by atoms with Crippen LogP contribution in [0.4, 0.5) is 4.79 Å². The van der Waals surface area contributed by atoms with Crippen LogP contribution in [0.2, 0.25) is 0 Å². The van der Waals surface area contributed by atoms with Gasteiger partial charge in [-0.15, -0.1) is 0 Å². The Balaban J connectivity index is 2.09. The molecule has 0 saturated heterocycles. The molecule has 0 aliphatic carbocycles. The summed E-state index contributed by atoms with van der Waals surface area (Å²) in [7, 11) is 0. The molecule has 18 heavy (non-hydrogen) atoms. The molecule has 1 aliphatic rings. The van der Waals surface area contributed by atoms with E-state index in [-0.39, 0.29) is 6.09 Å². The maximum Gasteiger partial charge on any atom is 0.410 e. The molecule has 0 unspecified atom stereocenters. The molecule has 0 fully saturated rings. The van der Waals surface area contributed by atoms with Crippen LogP contribution in [-0.2, 0) is 17.7 Å². The number of hydrogen-bond acceptors (Lipinski definition) is 4. The van der Waals surface area contributed by atoms with Crippen molar-refractivity contribution in [2.45, 2.75) is 45.8 Å². The lowest BCUT2D eigenvalue weighted by Crippen LogP contribution is -2.36. The summed E-state index contributed by atoms with van der Waals surface area (Å²) >= 11 is 0. The minimum Gasteiger partial charge on any atom is -0.444 e. The van der Waals surface area contributed by atoms with Crippen molar-refractivity contribution in [1.82, 2.24) is 14.8 Å². The van der Waals surface area contributed by atoms with E-state index in [0.717, 1.165) is 24.1 Å². The highest BCUT2D eigenvalue weighted by atomic mass is 16.6. The first kappa shape index (κ1) is 12.7. The molecule has 1 amide bonds. The topological polar surface area (TPSA) is 73.4 Å². The number of carbonyl (C=O) groups is 1. The van der Waals surface area contributed by atoms with Crippen molar-refractivity contribution in [2.24, 2.45) is 0 Å². The van der Waals surface area contributed by atoms with Crippen molar-refractivity contribution in [2.75, 3.05) is 12.4 Å². The molecule has 6 heteroatoms. The number of nitrogens with two attached hydrogens (primary N) is 1. The largest absolute Gasteiger partial charge is 0.444 e. The van der Waals surface area contributed by atoms with Gasteiger partial charge in [0.2, 0.25) is 0 Å². The summed E-state index contributed by atoms with van der Waals surface area (Å²) in [6, 6.07) is 0. The van der Waals surface area contributed by atoms with Crippen molar-refractivity contribution in [1.29, 1.82) is 0 Å². The van der Waals surface area contributed by atoms with Crippen molar-refractivity contribution in [3.63, 3.8) is 0 Å². The summed E-state index contributed by atoms with van der Waals surface area (Å²) in [5.41, 5.74) is 1.51. The molecule has 2 heterocycles. The van der Waals surface area contributed by atoms with E-state index >= 15 is 0 Å². The molecular weight excluding hydrogens is 232 g/mol. The van der Waals surface area contributed by atoms with Crippen LogP contribution >= 0.6 is 0 Å². The summed E-state index contributed by atoms with van der Waals surface area (Å²) in [4.78, 5) is 15.0. The molecule has 0 atom stereocenters. The number of aryl methyl sites for hydroxylation is 1. The third kappa shape index (κ3) is 2.94. The molecule has 0 radical (unpaired) electrons. The van der Waals surface area contributed by atoms with Gasteiger partial charge in [-0.25, -0.2) is 4.79 Å². The minimum absolute atomic E-state index is 0.278. The van der Waals surface area contributed by atoms with Crippen LogP contribution in [0.15, 0.2) is 6.20 Å². The van der Waals surface area contributed by atoms with E-state index in [1.807, 2.05) is 20.8 Å². The van der Waals surface area contributed by atoms with Gasteiger partial charge in [0.05, 0.1) is 18.4 Å². The van der Waals surface area contributed by atoms with Gasteiger partial charge >= 0.3 is 6.09 Å². The van der Waals surface area contributed by atoms with Crippen molar-refractivity contribution in [3.8, 4) is 0 Å². The average Bonchev–Trinajstić information content (AvgIpc) is 2.43. The van der Waals surface area contributed by atoms with Gasteiger partial charge in [0.1, 0.15) is 5.60 Å².